The molecular formula is C35H43FN6O6. The first kappa shape index (κ1) is 33.2. The number of hydrogen-bond donors (Lipinski definition) is 2. The number of amides is 4. The van der Waals surface area contributed by atoms with Crippen LogP contribution in [0.1, 0.15) is 87.8 Å². The Morgan fingerprint density at radius 3 is 2.42 bits per heavy atom. The van der Waals surface area contributed by atoms with Crippen molar-refractivity contribution in [3.8, 4) is 0 Å². The predicted octanol–water partition coefficient (Wildman–Crippen LogP) is 4.97. The summed E-state index contributed by atoms with van der Waals surface area (Å²) in [4.78, 5) is 68.8. The van der Waals surface area contributed by atoms with Crippen LogP contribution < -0.4 is 21.9 Å². The molecule has 0 bridgehead atoms. The van der Waals surface area contributed by atoms with Gasteiger partial charge in [0.05, 0.1) is 16.6 Å². The molecule has 6 rings (SSSR count). The van der Waals surface area contributed by atoms with E-state index < -0.39 is 34.8 Å². The highest BCUT2D eigenvalue weighted by Crippen LogP contribution is 2.30. The van der Waals surface area contributed by atoms with Gasteiger partial charge in [0, 0.05) is 56.4 Å². The molecule has 1 aromatic heterocycles. The summed E-state index contributed by atoms with van der Waals surface area (Å²) in [5, 5.41) is 5.79. The molecule has 1 unspecified atom stereocenters. The summed E-state index contributed by atoms with van der Waals surface area (Å²) in [5.74, 6) is -0.773. The third-order valence-corrected chi connectivity index (χ3v) is 9.04. The Bertz CT molecular complexity index is 1910. The van der Waals surface area contributed by atoms with Crippen LogP contribution >= 0.6 is 0 Å². The number of halogens is 1. The highest BCUT2D eigenvalue weighted by Gasteiger charge is 2.30. The second-order valence-corrected chi connectivity index (χ2v) is 14.5. The molecule has 1 saturated heterocycles. The highest BCUT2D eigenvalue weighted by molar-refractivity contribution is 5.95. The van der Waals surface area contributed by atoms with E-state index >= 15 is 4.39 Å². The number of carbonyl (C=O) groups excluding carboxylic acids is 3. The fourth-order valence-electron chi connectivity index (χ4n) is 6.45. The first-order valence-electron chi connectivity index (χ1n) is 16.6. The van der Waals surface area contributed by atoms with Crippen molar-refractivity contribution < 1.29 is 23.5 Å². The average molecular weight is 663 g/mol. The number of nitrogens with one attached hydrogen (secondary N) is 2. The van der Waals surface area contributed by atoms with Gasteiger partial charge in [0.15, 0.2) is 0 Å². The van der Waals surface area contributed by atoms with Gasteiger partial charge in [0.25, 0.3) is 11.5 Å². The van der Waals surface area contributed by atoms with Gasteiger partial charge in [-0.25, -0.2) is 18.8 Å². The third kappa shape index (κ3) is 6.95. The number of urea groups is 1. The molecule has 2 N–H and O–H groups in total. The molecule has 1 saturated carbocycles. The molecule has 0 spiro atoms. The van der Waals surface area contributed by atoms with Gasteiger partial charge < -0.3 is 20.3 Å². The monoisotopic (exact) mass is 662 g/mol. The molecule has 2 aromatic carbocycles. The lowest BCUT2D eigenvalue weighted by atomic mass is 10.0. The zero-order valence-corrected chi connectivity index (χ0v) is 28.1. The SMILES string of the molecule is CC(C)n1c(=O)n(CC2CC2)c(=O)c2cc(NC(=O)N3CCCC(NC(=O)c4ccc5c(c4)CN(C(=O)OC(C)(C)C)C5)C3)c(F)cc21. The maximum absolute atomic E-state index is 15.4. The van der Waals surface area contributed by atoms with E-state index in [1.54, 1.807) is 30.9 Å². The van der Waals surface area contributed by atoms with Crippen LogP contribution in [0.4, 0.5) is 19.7 Å². The predicted molar refractivity (Wildman–Crippen MR) is 179 cm³/mol. The van der Waals surface area contributed by atoms with Crippen LogP contribution in [0.15, 0.2) is 39.9 Å². The molecule has 4 amide bonds. The molecule has 3 aliphatic rings. The Hall–Kier alpha value is -4.68. The van der Waals surface area contributed by atoms with E-state index in [1.807, 2.05) is 26.8 Å². The van der Waals surface area contributed by atoms with E-state index in [1.165, 1.54) is 20.1 Å². The molecule has 3 heterocycles. The van der Waals surface area contributed by atoms with Gasteiger partial charge in [-0.15, -0.1) is 0 Å². The number of fused-ring (bicyclic) bond motifs is 2. The number of hydrogen-bond acceptors (Lipinski definition) is 6. The van der Waals surface area contributed by atoms with Crippen molar-refractivity contribution in [3.63, 3.8) is 0 Å². The quantitative estimate of drug-likeness (QED) is 0.383. The Balaban J connectivity index is 1.13. The van der Waals surface area contributed by atoms with E-state index in [9.17, 15) is 24.0 Å². The normalized spacial score (nSPS) is 17.9. The second kappa shape index (κ2) is 12.7. The van der Waals surface area contributed by atoms with E-state index in [2.05, 4.69) is 10.6 Å². The largest absolute Gasteiger partial charge is 0.444 e. The van der Waals surface area contributed by atoms with Crippen LogP contribution in [-0.2, 0) is 24.4 Å². The van der Waals surface area contributed by atoms with Gasteiger partial charge in [-0.2, -0.15) is 0 Å². The summed E-state index contributed by atoms with van der Waals surface area (Å²) in [7, 11) is 0. The minimum Gasteiger partial charge on any atom is -0.444 e. The van der Waals surface area contributed by atoms with Crippen LogP contribution in [0.25, 0.3) is 10.9 Å². The number of anilines is 1. The lowest BCUT2D eigenvalue weighted by Crippen LogP contribution is -2.50. The molecule has 13 heteroatoms. The maximum Gasteiger partial charge on any atom is 0.410 e. The van der Waals surface area contributed by atoms with Crippen LogP contribution in [-0.4, -0.2) is 61.7 Å². The topological polar surface area (TPSA) is 135 Å². The van der Waals surface area contributed by atoms with Gasteiger partial charge in [0.1, 0.15) is 11.4 Å². The minimum atomic E-state index is -0.757. The van der Waals surface area contributed by atoms with Gasteiger partial charge in [-0.05, 0) is 95.5 Å². The lowest BCUT2D eigenvalue weighted by molar-refractivity contribution is 0.0241. The van der Waals surface area contributed by atoms with Crippen molar-refractivity contribution in [2.24, 2.45) is 5.92 Å². The summed E-state index contributed by atoms with van der Waals surface area (Å²) < 4.78 is 23.5. The van der Waals surface area contributed by atoms with Crippen LogP contribution in [0.3, 0.4) is 0 Å². The van der Waals surface area contributed by atoms with Crippen molar-refractivity contribution in [1.82, 2.24) is 24.3 Å². The molecule has 2 aliphatic heterocycles. The first-order valence-corrected chi connectivity index (χ1v) is 16.6. The van der Waals surface area contributed by atoms with Crippen molar-refractivity contribution >= 4 is 34.6 Å². The van der Waals surface area contributed by atoms with Crippen molar-refractivity contribution in [3.05, 3.63) is 73.7 Å². The molecule has 48 heavy (non-hydrogen) atoms. The van der Waals surface area contributed by atoms with Crippen LogP contribution in [0, 0.1) is 11.7 Å². The molecule has 1 aliphatic carbocycles. The smallest absolute Gasteiger partial charge is 0.410 e. The summed E-state index contributed by atoms with van der Waals surface area (Å²) in [6, 6.07) is 6.60. The van der Waals surface area contributed by atoms with E-state index in [0.29, 0.717) is 44.6 Å². The van der Waals surface area contributed by atoms with E-state index in [-0.39, 0.29) is 47.0 Å². The number of piperidine rings is 1. The summed E-state index contributed by atoms with van der Waals surface area (Å²) >= 11 is 0. The number of nitrogens with zero attached hydrogens (tertiary/aromatic N) is 4. The second-order valence-electron chi connectivity index (χ2n) is 14.5. The molecule has 2 fully saturated rings. The number of aromatic nitrogens is 2. The standard InChI is InChI=1S/C35H43FN6O6/c1-20(2)42-29-15-27(36)28(14-26(29)31(44)41(33(42)46)16-21-8-9-21)38-32(45)39-12-6-7-25(19-39)37-30(43)22-10-11-23-17-40(18-24(23)13-22)34(47)48-35(3,4)5/h10-11,13-15,20-21,25H,6-9,12,16-19H2,1-5H3,(H,37,43)(H,38,45). The molecular weight excluding hydrogens is 619 g/mol. The van der Waals surface area contributed by atoms with Gasteiger partial charge in [0.2, 0.25) is 0 Å². The molecule has 256 valence electrons. The van der Waals surface area contributed by atoms with E-state index in [4.69, 9.17) is 4.74 Å². The van der Waals surface area contributed by atoms with Crippen LogP contribution in [0.2, 0.25) is 0 Å². The fraction of sp³-hybridized carbons (Fsp3) is 0.514. The molecule has 12 nitrogen and oxygen atoms in total. The Kier molecular flexibility index (Phi) is 8.82. The molecule has 0 radical (unpaired) electrons. The van der Waals surface area contributed by atoms with Crippen LogP contribution in [0.5, 0.6) is 0 Å². The van der Waals surface area contributed by atoms with Crippen molar-refractivity contribution in [2.75, 3.05) is 18.4 Å². The summed E-state index contributed by atoms with van der Waals surface area (Å²) in [5.41, 5.74) is 0.742. The van der Waals surface area contributed by atoms with E-state index in [0.717, 1.165) is 30.0 Å². The number of benzene rings is 2. The van der Waals surface area contributed by atoms with Gasteiger partial charge in [-0.3, -0.25) is 23.6 Å². The number of rotatable bonds is 6. The fourth-order valence-corrected chi connectivity index (χ4v) is 6.45. The lowest BCUT2D eigenvalue weighted by Gasteiger charge is -2.33. The zero-order chi connectivity index (χ0) is 34.5. The summed E-state index contributed by atoms with van der Waals surface area (Å²) in [6.45, 7) is 10.7. The third-order valence-electron chi connectivity index (χ3n) is 9.04. The average Bonchev–Trinajstić information content (AvgIpc) is 3.73. The van der Waals surface area contributed by atoms with Gasteiger partial charge >= 0.3 is 17.8 Å². The highest BCUT2D eigenvalue weighted by atomic mass is 19.1. The Morgan fingerprint density at radius 1 is 1.00 bits per heavy atom. The van der Waals surface area contributed by atoms with Crippen molar-refractivity contribution in [1.29, 1.82) is 0 Å². The summed E-state index contributed by atoms with van der Waals surface area (Å²) in [6.07, 6.45) is 2.78. The van der Waals surface area contributed by atoms with Gasteiger partial charge in [-0.1, -0.05) is 6.07 Å². The Labute approximate surface area is 277 Å². The first-order chi connectivity index (χ1) is 22.7. The Morgan fingerprint density at radius 2 is 1.73 bits per heavy atom. The number of likely N-dealkylation sites (tertiary alicyclic amines) is 1. The molecule has 1 atom stereocenters. The zero-order valence-electron chi connectivity index (χ0n) is 28.1. The maximum atomic E-state index is 15.4. The molecule has 3 aromatic rings. The number of carbonyl (C=O) groups is 3. The number of ether oxygens (including phenoxy) is 1. The van der Waals surface area contributed by atoms with Crippen molar-refractivity contribution in [2.45, 2.75) is 97.6 Å². The minimum absolute atomic E-state index is 0.152.